The predicted octanol–water partition coefficient (Wildman–Crippen LogP) is 1.92. The molecule has 2 unspecified atom stereocenters. The van der Waals surface area contributed by atoms with Gasteiger partial charge in [0.05, 0.1) is 6.10 Å². The van der Waals surface area contributed by atoms with Crippen LogP contribution >= 0.6 is 11.8 Å². The first-order valence-electron chi connectivity index (χ1n) is 5.98. The van der Waals surface area contributed by atoms with Crippen LogP contribution in [-0.4, -0.2) is 47.3 Å². The van der Waals surface area contributed by atoms with Crippen molar-refractivity contribution in [1.82, 2.24) is 4.90 Å². The maximum Gasteiger partial charge on any atom is 0.162 e. The van der Waals surface area contributed by atoms with Crippen LogP contribution in [0.5, 0.6) is 0 Å². The quantitative estimate of drug-likeness (QED) is 0.910. The number of hydrogen-bond acceptors (Lipinski definition) is 3. The lowest BCUT2D eigenvalue weighted by Gasteiger charge is -2.35. The summed E-state index contributed by atoms with van der Waals surface area (Å²) in [4.78, 5) is 2.08. The first kappa shape index (κ1) is 13.8. The molecule has 2 rings (SSSR count). The summed E-state index contributed by atoms with van der Waals surface area (Å²) in [6.07, 6.45) is -0.516. The minimum atomic E-state index is -0.855. The fourth-order valence-corrected chi connectivity index (χ4v) is 3.48. The number of aliphatic hydroxyl groups is 1. The lowest BCUT2D eigenvalue weighted by molar-refractivity contribution is 0.0755. The fourth-order valence-electron chi connectivity index (χ4n) is 2.18. The van der Waals surface area contributed by atoms with Gasteiger partial charge in [0.1, 0.15) is 0 Å². The van der Waals surface area contributed by atoms with Crippen LogP contribution in [0.1, 0.15) is 5.56 Å². The molecule has 0 saturated carbocycles. The molecule has 18 heavy (non-hydrogen) atoms. The van der Waals surface area contributed by atoms with E-state index >= 15 is 0 Å². The third-order valence-electron chi connectivity index (χ3n) is 3.35. The molecule has 2 nitrogen and oxygen atoms in total. The summed E-state index contributed by atoms with van der Waals surface area (Å²) in [5.41, 5.74) is 0.242. The Morgan fingerprint density at radius 3 is 3.00 bits per heavy atom. The molecule has 0 aliphatic carbocycles. The third kappa shape index (κ3) is 3.02. The number of rotatable bonds is 3. The molecule has 5 heteroatoms. The Morgan fingerprint density at radius 2 is 2.28 bits per heavy atom. The standard InChI is InChI=1S/C13H17F2NOS/c1-16-5-6-18-8-11(16)12(17)7-9-3-2-4-10(14)13(9)15/h2-4,11-12,17H,5-8H2,1H3. The number of likely N-dealkylation sites (N-methyl/N-ethyl adjacent to an activating group) is 1. The van der Waals surface area contributed by atoms with Crippen molar-refractivity contribution < 1.29 is 13.9 Å². The monoisotopic (exact) mass is 273 g/mol. The van der Waals surface area contributed by atoms with Gasteiger partial charge >= 0.3 is 0 Å². The average molecular weight is 273 g/mol. The maximum atomic E-state index is 13.5. The molecule has 1 saturated heterocycles. The van der Waals surface area contributed by atoms with Gasteiger partial charge in [0.2, 0.25) is 0 Å². The second kappa shape index (κ2) is 5.99. The van der Waals surface area contributed by atoms with Gasteiger partial charge in [-0.2, -0.15) is 11.8 Å². The van der Waals surface area contributed by atoms with Gasteiger partial charge in [0.25, 0.3) is 0 Å². The van der Waals surface area contributed by atoms with Crippen molar-refractivity contribution >= 4 is 11.8 Å². The van der Waals surface area contributed by atoms with E-state index < -0.39 is 17.7 Å². The summed E-state index contributed by atoms with van der Waals surface area (Å²) >= 11 is 1.78. The molecule has 0 amide bonds. The van der Waals surface area contributed by atoms with Crippen molar-refractivity contribution in [2.24, 2.45) is 0 Å². The van der Waals surface area contributed by atoms with Crippen LogP contribution in [0.15, 0.2) is 18.2 Å². The van der Waals surface area contributed by atoms with Gasteiger partial charge in [-0.3, -0.25) is 4.90 Å². The van der Waals surface area contributed by atoms with Crippen molar-refractivity contribution in [3.8, 4) is 0 Å². The Hall–Kier alpha value is -0.650. The normalized spacial score (nSPS) is 23.0. The molecule has 1 aliphatic rings. The summed E-state index contributed by atoms with van der Waals surface area (Å²) in [6, 6.07) is 4.09. The van der Waals surface area contributed by atoms with E-state index in [4.69, 9.17) is 0 Å². The largest absolute Gasteiger partial charge is 0.391 e. The predicted molar refractivity (Wildman–Crippen MR) is 69.8 cm³/mol. The van der Waals surface area contributed by atoms with E-state index in [-0.39, 0.29) is 18.0 Å². The van der Waals surface area contributed by atoms with Gasteiger partial charge < -0.3 is 5.11 Å². The smallest absolute Gasteiger partial charge is 0.162 e. The topological polar surface area (TPSA) is 23.5 Å². The Bertz CT molecular complexity index is 416. The molecule has 0 bridgehead atoms. The molecule has 0 spiro atoms. The highest BCUT2D eigenvalue weighted by Gasteiger charge is 2.27. The minimum absolute atomic E-state index is 0.00594. The van der Waals surface area contributed by atoms with Crippen molar-refractivity contribution in [2.45, 2.75) is 18.6 Å². The Morgan fingerprint density at radius 1 is 1.50 bits per heavy atom. The molecule has 1 N–H and O–H groups in total. The molecular formula is C13H17F2NOS. The van der Waals surface area contributed by atoms with Gasteiger partial charge in [0, 0.05) is 30.5 Å². The number of aliphatic hydroxyl groups excluding tert-OH is 1. The van der Waals surface area contributed by atoms with E-state index in [9.17, 15) is 13.9 Å². The van der Waals surface area contributed by atoms with Crippen LogP contribution in [0.4, 0.5) is 8.78 Å². The van der Waals surface area contributed by atoms with Gasteiger partial charge in [-0.1, -0.05) is 12.1 Å². The molecular weight excluding hydrogens is 256 g/mol. The highest BCUT2D eigenvalue weighted by Crippen LogP contribution is 2.21. The van der Waals surface area contributed by atoms with Gasteiger partial charge in [0.15, 0.2) is 11.6 Å². The molecule has 0 aromatic heterocycles. The van der Waals surface area contributed by atoms with Crippen LogP contribution < -0.4 is 0 Å². The van der Waals surface area contributed by atoms with E-state index in [1.54, 1.807) is 11.8 Å². The van der Waals surface area contributed by atoms with Gasteiger partial charge in [-0.05, 0) is 18.7 Å². The zero-order valence-corrected chi connectivity index (χ0v) is 11.1. The molecule has 1 aromatic carbocycles. The fraction of sp³-hybridized carbons (Fsp3) is 0.538. The summed E-state index contributed by atoms with van der Waals surface area (Å²) < 4.78 is 26.6. The number of halogens is 2. The van der Waals surface area contributed by atoms with Crippen LogP contribution in [-0.2, 0) is 6.42 Å². The van der Waals surface area contributed by atoms with E-state index in [0.29, 0.717) is 0 Å². The molecule has 1 aliphatic heterocycles. The number of nitrogens with zero attached hydrogens (tertiary/aromatic N) is 1. The zero-order chi connectivity index (χ0) is 13.1. The molecule has 1 aromatic rings. The highest BCUT2D eigenvalue weighted by molar-refractivity contribution is 7.99. The SMILES string of the molecule is CN1CCSCC1C(O)Cc1cccc(F)c1F. The number of benzene rings is 1. The highest BCUT2D eigenvalue weighted by atomic mass is 32.2. The Kier molecular flexibility index (Phi) is 4.59. The van der Waals surface area contributed by atoms with Crippen LogP contribution in [0.25, 0.3) is 0 Å². The lowest BCUT2D eigenvalue weighted by Crippen LogP contribution is -2.47. The van der Waals surface area contributed by atoms with Crippen LogP contribution in [0.2, 0.25) is 0 Å². The summed E-state index contributed by atoms with van der Waals surface area (Å²) in [6.45, 7) is 0.915. The summed E-state index contributed by atoms with van der Waals surface area (Å²) in [5.74, 6) is 0.177. The third-order valence-corrected chi connectivity index (χ3v) is 4.40. The summed E-state index contributed by atoms with van der Waals surface area (Å²) in [5, 5.41) is 10.2. The van der Waals surface area contributed by atoms with E-state index in [1.807, 2.05) is 7.05 Å². The van der Waals surface area contributed by atoms with Gasteiger partial charge in [-0.15, -0.1) is 0 Å². The van der Waals surface area contributed by atoms with Crippen molar-refractivity contribution in [2.75, 3.05) is 25.1 Å². The maximum absolute atomic E-state index is 13.5. The van der Waals surface area contributed by atoms with Crippen molar-refractivity contribution in [1.29, 1.82) is 0 Å². The van der Waals surface area contributed by atoms with E-state index in [1.165, 1.54) is 12.1 Å². The Balaban J connectivity index is 2.06. The zero-order valence-electron chi connectivity index (χ0n) is 10.3. The minimum Gasteiger partial charge on any atom is -0.391 e. The molecule has 0 radical (unpaired) electrons. The van der Waals surface area contributed by atoms with Crippen LogP contribution in [0, 0.1) is 11.6 Å². The second-order valence-corrected chi connectivity index (χ2v) is 5.76. The lowest BCUT2D eigenvalue weighted by atomic mass is 10.0. The van der Waals surface area contributed by atoms with Crippen molar-refractivity contribution in [3.63, 3.8) is 0 Å². The van der Waals surface area contributed by atoms with Gasteiger partial charge in [-0.25, -0.2) is 8.78 Å². The Labute approximate surface area is 110 Å². The molecule has 100 valence electrons. The average Bonchev–Trinajstić information content (AvgIpc) is 2.35. The number of thioether (sulfide) groups is 1. The first-order valence-corrected chi connectivity index (χ1v) is 7.14. The number of hydrogen-bond donors (Lipinski definition) is 1. The molecule has 1 heterocycles. The first-order chi connectivity index (χ1) is 8.59. The summed E-state index contributed by atoms with van der Waals surface area (Å²) in [7, 11) is 1.95. The van der Waals surface area contributed by atoms with Crippen LogP contribution in [0.3, 0.4) is 0 Å². The molecule has 2 atom stereocenters. The second-order valence-electron chi connectivity index (χ2n) is 4.61. The molecule has 1 fully saturated rings. The van der Waals surface area contributed by atoms with E-state index in [0.717, 1.165) is 24.1 Å². The van der Waals surface area contributed by atoms with E-state index in [2.05, 4.69) is 4.90 Å². The van der Waals surface area contributed by atoms with Crippen molar-refractivity contribution in [3.05, 3.63) is 35.4 Å².